The van der Waals surface area contributed by atoms with E-state index in [1.54, 1.807) is 0 Å². The Labute approximate surface area is 114 Å². The lowest BCUT2D eigenvalue weighted by Gasteiger charge is -2.05. The quantitative estimate of drug-likeness (QED) is 0.805. The molecule has 0 fully saturated rings. The zero-order chi connectivity index (χ0) is 14.4. The second kappa shape index (κ2) is 6.41. The smallest absolute Gasteiger partial charge is 0.275 e. The molecule has 20 heavy (non-hydrogen) atoms. The highest BCUT2D eigenvalue weighted by atomic mass is 19.1. The van der Waals surface area contributed by atoms with E-state index in [0.717, 1.165) is 0 Å². The van der Waals surface area contributed by atoms with Gasteiger partial charge in [-0.25, -0.2) is 9.37 Å². The number of hydrogen-bond donors (Lipinski definition) is 2. The molecule has 1 heterocycles. The Morgan fingerprint density at radius 2 is 2.25 bits per heavy atom. The molecule has 6 heteroatoms. The van der Waals surface area contributed by atoms with Gasteiger partial charge in [0.05, 0.1) is 11.8 Å². The van der Waals surface area contributed by atoms with Gasteiger partial charge in [-0.15, -0.1) is 0 Å². The molecule has 0 atom stereocenters. The Balaban J connectivity index is 2.20. The second-order valence-corrected chi connectivity index (χ2v) is 3.70. The van der Waals surface area contributed by atoms with E-state index in [1.807, 2.05) is 0 Å². The zero-order valence-corrected chi connectivity index (χ0v) is 10.3. The first-order chi connectivity index (χ1) is 9.70. The van der Waals surface area contributed by atoms with E-state index in [9.17, 15) is 9.18 Å². The second-order valence-electron chi connectivity index (χ2n) is 3.70. The molecule has 0 radical (unpaired) electrons. The number of aliphatic hydroxyl groups is 1. The lowest BCUT2D eigenvalue weighted by molar-refractivity contribution is 0.102. The molecule has 0 unspecified atom stereocenters. The highest BCUT2D eigenvalue weighted by molar-refractivity contribution is 6.02. The Morgan fingerprint density at radius 3 is 2.95 bits per heavy atom. The molecule has 100 valence electrons. The van der Waals surface area contributed by atoms with E-state index >= 15 is 0 Å². The van der Waals surface area contributed by atoms with Crippen LogP contribution in [0, 0.1) is 17.7 Å². The summed E-state index contributed by atoms with van der Waals surface area (Å²) in [5.74, 6) is 3.83. The van der Waals surface area contributed by atoms with E-state index in [-0.39, 0.29) is 17.9 Å². The Kier molecular flexibility index (Phi) is 4.37. The van der Waals surface area contributed by atoms with Crippen LogP contribution in [-0.2, 0) is 0 Å². The third-order valence-corrected chi connectivity index (χ3v) is 2.32. The molecule has 0 bridgehead atoms. The zero-order valence-electron chi connectivity index (χ0n) is 10.3. The van der Waals surface area contributed by atoms with E-state index < -0.39 is 11.7 Å². The lowest BCUT2D eigenvalue weighted by atomic mass is 10.2. The average molecular weight is 271 g/mol. The summed E-state index contributed by atoms with van der Waals surface area (Å²) in [5.41, 5.74) is 0.625. The molecule has 0 aliphatic carbocycles. The molecule has 2 aromatic rings. The van der Waals surface area contributed by atoms with Gasteiger partial charge in [-0.05, 0) is 18.2 Å². The Hall–Kier alpha value is -2.78. The number of carbonyl (C=O) groups excluding carboxylic acids is 1. The summed E-state index contributed by atoms with van der Waals surface area (Å²) < 4.78 is 13.4. The largest absolute Gasteiger partial charge is 0.384 e. The van der Waals surface area contributed by atoms with Crippen LogP contribution < -0.4 is 5.32 Å². The summed E-state index contributed by atoms with van der Waals surface area (Å²) in [4.78, 5) is 19.5. The molecular weight excluding hydrogens is 261 g/mol. The number of aromatic nitrogens is 2. The van der Waals surface area contributed by atoms with Gasteiger partial charge in [-0.3, -0.25) is 9.78 Å². The van der Waals surface area contributed by atoms with Crippen molar-refractivity contribution in [2.45, 2.75) is 0 Å². The normalized spacial score (nSPS) is 9.50. The molecule has 1 aromatic heterocycles. The fraction of sp³-hybridized carbons (Fsp3) is 0.0714. The molecule has 1 aromatic carbocycles. The summed E-state index contributed by atoms with van der Waals surface area (Å²) in [6, 6.07) is 3.98. The van der Waals surface area contributed by atoms with E-state index in [0.29, 0.717) is 5.69 Å². The van der Waals surface area contributed by atoms with Crippen LogP contribution >= 0.6 is 0 Å². The van der Waals surface area contributed by atoms with Crippen LogP contribution in [0.3, 0.4) is 0 Å². The maximum Gasteiger partial charge on any atom is 0.275 e. The third-order valence-electron chi connectivity index (χ3n) is 2.32. The van der Waals surface area contributed by atoms with Gasteiger partial charge < -0.3 is 10.4 Å². The van der Waals surface area contributed by atoms with Crippen molar-refractivity contribution < 1.29 is 14.3 Å². The van der Waals surface area contributed by atoms with Crippen LogP contribution in [0.2, 0.25) is 0 Å². The Bertz CT molecular complexity index is 678. The summed E-state index contributed by atoms with van der Waals surface area (Å²) in [6.45, 7) is -0.365. The molecule has 1 amide bonds. The summed E-state index contributed by atoms with van der Waals surface area (Å²) in [6.07, 6.45) is 4.18. The number of carbonyl (C=O) groups is 1. The van der Waals surface area contributed by atoms with Crippen molar-refractivity contribution in [3.8, 4) is 11.8 Å². The van der Waals surface area contributed by atoms with Gasteiger partial charge in [0.15, 0.2) is 0 Å². The van der Waals surface area contributed by atoms with Crippen LogP contribution in [0.5, 0.6) is 0 Å². The minimum absolute atomic E-state index is 0.0935. The first kappa shape index (κ1) is 13.6. The molecule has 0 aliphatic rings. The standard InChI is InChI=1S/C14H10FN3O2/c15-12-4-3-11(8-10(12)2-1-7-19)18-14(20)13-9-16-5-6-17-13/h3-6,8-9,19H,7H2,(H,18,20). The highest BCUT2D eigenvalue weighted by Crippen LogP contribution is 2.14. The number of anilines is 1. The predicted octanol–water partition coefficient (Wildman–Crippen LogP) is 1.21. The number of halogens is 1. The number of rotatable bonds is 2. The van der Waals surface area contributed by atoms with Gasteiger partial charge in [0, 0.05) is 18.1 Å². The molecule has 0 saturated heterocycles. The van der Waals surface area contributed by atoms with Crippen molar-refractivity contribution in [1.82, 2.24) is 9.97 Å². The number of nitrogens with zero attached hydrogens (tertiary/aromatic N) is 2. The Morgan fingerprint density at radius 1 is 1.40 bits per heavy atom. The van der Waals surface area contributed by atoms with Crippen LogP contribution in [0.4, 0.5) is 10.1 Å². The molecule has 2 N–H and O–H groups in total. The van der Waals surface area contributed by atoms with Crippen LogP contribution in [0.1, 0.15) is 16.1 Å². The van der Waals surface area contributed by atoms with Crippen molar-refractivity contribution in [3.63, 3.8) is 0 Å². The van der Waals surface area contributed by atoms with Gasteiger partial charge >= 0.3 is 0 Å². The van der Waals surface area contributed by atoms with Crippen molar-refractivity contribution in [2.24, 2.45) is 0 Å². The molecule has 0 aliphatic heterocycles. The molecule has 0 saturated carbocycles. The van der Waals surface area contributed by atoms with E-state index in [2.05, 4.69) is 27.1 Å². The van der Waals surface area contributed by atoms with Crippen molar-refractivity contribution in [3.05, 3.63) is 53.9 Å². The number of benzene rings is 1. The van der Waals surface area contributed by atoms with Crippen molar-refractivity contribution >= 4 is 11.6 Å². The number of aliphatic hydroxyl groups excluding tert-OH is 1. The van der Waals surface area contributed by atoms with Crippen LogP contribution in [0.15, 0.2) is 36.8 Å². The van der Waals surface area contributed by atoms with Gasteiger partial charge in [0.1, 0.15) is 18.1 Å². The summed E-state index contributed by atoms with van der Waals surface area (Å²) >= 11 is 0. The van der Waals surface area contributed by atoms with Crippen molar-refractivity contribution in [1.29, 1.82) is 0 Å². The topological polar surface area (TPSA) is 75.1 Å². The highest BCUT2D eigenvalue weighted by Gasteiger charge is 2.08. The fourth-order valence-electron chi connectivity index (χ4n) is 1.45. The molecule has 0 spiro atoms. The monoisotopic (exact) mass is 271 g/mol. The molecule has 2 rings (SSSR count). The molecular formula is C14H10FN3O2. The lowest BCUT2D eigenvalue weighted by Crippen LogP contribution is -2.13. The van der Waals surface area contributed by atoms with Gasteiger partial charge in [-0.2, -0.15) is 0 Å². The SMILES string of the molecule is O=C(Nc1ccc(F)c(C#CCO)c1)c1cnccn1. The maximum absolute atomic E-state index is 13.4. The summed E-state index contributed by atoms with van der Waals surface area (Å²) in [5, 5.41) is 11.2. The first-order valence-corrected chi connectivity index (χ1v) is 5.67. The summed E-state index contributed by atoms with van der Waals surface area (Å²) in [7, 11) is 0. The third kappa shape index (κ3) is 3.37. The number of amides is 1. The maximum atomic E-state index is 13.4. The van der Waals surface area contributed by atoms with E-state index in [1.165, 1.54) is 36.8 Å². The van der Waals surface area contributed by atoms with Gasteiger partial charge in [0.2, 0.25) is 0 Å². The van der Waals surface area contributed by atoms with Crippen LogP contribution in [-0.4, -0.2) is 27.6 Å². The first-order valence-electron chi connectivity index (χ1n) is 5.67. The van der Waals surface area contributed by atoms with E-state index in [4.69, 9.17) is 5.11 Å². The van der Waals surface area contributed by atoms with Crippen molar-refractivity contribution in [2.75, 3.05) is 11.9 Å². The van der Waals surface area contributed by atoms with Gasteiger partial charge in [-0.1, -0.05) is 11.8 Å². The number of nitrogens with one attached hydrogen (secondary N) is 1. The molecule has 5 nitrogen and oxygen atoms in total. The predicted molar refractivity (Wildman–Crippen MR) is 70.3 cm³/mol. The van der Waals surface area contributed by atoms with Crippen LogP contribution in [0.25, 0.3) is 0 Å². The van der Waals surface area contributed by atoms with Gasteiger partial charge in [0.25, 0.3) is 5.91 Å². The fourth-order valence-corrected chi connectivity index (χ4v) is 1.45. The number of hydrogen-bond acceptors (Lipinski definition) is 4. The average Bonchev–Trinajstić information content (AvgIpc) is 2.48. The minimum Gasteiger partial charge on any atom is -0.384 e. The minimum atomic E-state index is -0.525.